The largest absolute Gasteiger partial charge is 0.323 e. The Bertz CT molecular complexity index is 456. The molecule has 96 valence electrons. The highest BCUT2D eigenvalue weighted by Gasteiger charge is 2.47. The van der Waals surface area contributed by atoms with Crippen LogP contribution in [0.5, 0.6) is 0 Å². The summed E-state index contributed by atoms with van der Waals surface area (Å²) in [6.07, 6.45) is 1.39. The molecule has 1 aliphatic rings. The van der Waals surface area contributed by atoms with E-state index in [2.05, 4.69) is 10.6 Å². The van der Waals surface area contributed by atoms with Crippen molar-refractivity contribution in [2.24, 2.45) is 5.92 Å². The van der Waals surface area contributed by atoms with E-state index in [1.807, 2.05) is 44.2 Å². The highest BCUT2D eigenvalue weighted by atomic mass is 16.2. The van der Waals surface area contributed by atoms with Crippen molar-refractivity contribution in [2.75, 3.05) is 0 Å². The lowest BCUT2D eigenvalue weighted by atomic mass is 9.81. The molecule has 1 aromatic carbocycles. The van der Waals surface area contributed by atoms with Crippen LogP contribution in [0.25, 0.3) is 0 Å². The Morgan fingerprint density at radius 3 is 2.33 bits per heavy atom. The second-order valence-electron chi connectivity index (χ2n) is 5.02. The van der Waals surface area contributed by atoms with Crippen molar-refractivity contribution >= 4 is 11.9 Å². The van der Waals surface area contributed by atoms with Gasteiger partial charge in [0.15, 0.2) is 0 Å². The smallest absolute Gasteiger partial charge is 0.322 e. The number of hydrogen-bond acceptors (Lipinski definition) is 2. The van der Waals surface area contributed by atoms with Gasteiger partial charge in [-0.1, -0.05) is 44.2 Å². The lowest BCUT2D eigenvalue weighted by Crippen LogP contribution is -2.51. The fourth-order valence-corrected chi connectivity index (χ4v) is 2.36. The molecule has 18 heavy (non-hydrogen) atoms. The van der Waals surface area contributed by atoms with Crippen molar-refractivity contribution in [3.63, 3.8) is 0 Å². The topological polar surface area (TPSA) is 58.2 Å². The van der Waals surface area contributed by atoms with E-state index in [0.29, 0.717) is 6.42 Å². The SMILES string of the molecule is CC(C)C1(CCc2ccccc2)NC(=O)NC1=O. The maximum absolute atomic E-state index is 12.0. The summed E-state index contributed by atoms with van der Waals surface area (Å²) < 4.78 is 0. The molecule has 1 fully saturated rings. The number of hydrogen-bond donors (Lipinski definition) is 2. The van der Waals surface area contributed by atoms with Gasteiger partial charge in [0.25, 0.3) is 5.91 Å². The van der Waals surface area contributed by atoms with Crippen LogP contribution < -0.4 is 10.6 Å². The third kappa shape index (κ3) is 2.23. The molecule has 3 amide bonds. The molecule has 0 aromatic heterocycles. The first-order valence-corrected chi connectivity index (χ1v) is 6.22. The average molecular weight is 246 g/mol. The molecular weight excluding hydrogens is 228 g/mol. The van der Waals surface area contributed by atoms with Gasteiger partial charge < -0.3 is 5.32 Å². The van der Waals surface area contributed by atoms with Crippen LogP contribution in [-0.2, 0) is 11.2 Å². The third-order valence-electron chi connectivity index (χ3n) is 3.61. The normalized spacial score (nSPS) is 23.1. The van der Waals surface area contributed by atoms with Crippen molar-refractivity contribution in [2.45, 2.75) is 32.2 Å². The van der Waals surface area contributed by atoms with Crippen molar-refractivity contribution in [1.82, 2.24) is 10.6 Å². The number of carbonyl (C=O) groups is 2. The average Bonchev–Trinajstić information content (AvgIpc) is 2.64. The Hall–Kier alpha value is -1.84. The molecular formula is C14H18N2O2. The van der Waals surface area contributed by atoms with Gasteiger partial charge in [-0.2, -0.15) is 0 Å². The van der Waals surface area contributed by atoms with Crippen LogP contribution >= 0.6 is 0 Å². The molecule has 1 aliphatic heterocycles. The fourth-order valence-electron chi connectivity index (χ4n) is 2.36. The molecule has 0 saturated carbocycles. The van der Waals surface area contributed by atoms with Crippen molar-refractivity contribution in [3.05, 3.63) is 35.9 Å². The van der Waals surface area contributed by atoms with Crippen LogP contribution in [0.2, 0.25) is 0 Å². The second-order valence-corrected chi connectivity index (χ2v) is 5.02. The number of aryl methyl sites for hydroxylation is 1. The minimum atomic E-state index is -0.771. The van der Waals surface area contributed by atoms with Gasteiger partial charge in [-0.25, -0.2) is 4.79 Å². The molecule has 4 heteroatoms. The van der Waals surface area contributed by atoms with Crippen molar-refractivity contribution in [1.29, 1.82) is 0 Å². The molecule has 2 rings (SSSR count). The van der Waals surface area contributed by atoms with E-state index >= 15 is 0 Å². The van der Waals surface area contributed by atoms with E-state index in [1.54, 1.807) is 0 Å². The van der Waals surface area contributed by atoms with E-state index in [-0.39, 0.29) is 17.9 Å². The molecule has 1 aromatic rings. The highest BCUT2D eigenvalue weighted by Crippen LogP contribution is 2.26. The molecule has 1 unspecified atom stereocenters. The maximum atomic E-state index is 12.0. The van der Waals surface area contributed by atoms with Gasteiger partial charge in [0, 0.05) is 0 Å². The number of urea groups is 1. The van der Waals surface area contributed by atoms with E-state index < -0.39 is 5.54 Å². The minimum absolute atomic E-state index is 0.0627. The van der Waals surface area contributed by atoms with E-state index in [4.69, 9.17) is 0 Å². The van der Waals surface area contributed by atoms with Gasteiger partial charge in [-0.3, -0.25) is 10.1 Å². The predicted molar refractivity (Wildman–Crippen MR) is 69.0 cm³/mol. The number of amides is 3. The highest BCUT2D eigenvalue weighted by molar-refractivity contribution is 6.07. The zero-order valence-corrected chi connectivity index (χ0v) is 10.7. The number of nitrogens with one attached hydrogen (secondary N) is 2. The van der Waals surface area contributed by atoms with E-state index in [1.165, 1.54) is 5.56 Å². The van der Waals surface area contributed by atoms with Gasteiger partial charge in [-0.15, -0.1) is 0 Å². The zero-order valence-electron chi connectivity index (χ0n) is 10.7. The predicted octanol–water partition coefficient (Wildman–Crippen LogP) is 1.85. The summed E-state index contributed by atoms with van der Waals surface area (Å²) in [6.45, 7) is 3.91. The molecule has 0 radical (unpaired) electrons. The summed E-state index contributed by atoms with van der Waals surface area (Å²) in [6, 6.07) is 9.59. The van der Waals surface area contributed by atoms with E-state index in [9.17, 15) is 9.59 Å². The fraction of sp³-hybridized carbons (Fsp3) is 0.429. The number of rotatable bonds is 4. The van der Waals surface area contributed by atoms with E-state index in [0.717, 1.165) is 6.42 Å². The zero-order chi connectivity index (χ0) is 13.2. The number of carbonyl (C=O) groups excluding carboxylic acids is 2. The first-order chi connectivity index (χ1) is 8.54. The quantitative estimate of drug-likeness (QED) is 0.797. The van der Waals surface area contributed by atoms with Crippen molar-refractivity contribution < 1.29 is 9.59 Å². The van der Waals surface area contributed by atoms with Gasteiger partial charge in [0.2, 0.25) is 0 Å². The first-order valence-electron chi connectivity index (χ1n) is 6.22. The van der Waals surface area contributed by atoms with Gasteiger partial charge in [0.1, 0.15) is 5.54 Å². The Balaban J connectivity index is 2.13. The van der Waals surface area contributed by atoms with Gasteiger partial charge in [-0.05, 0) is 24.3 Å². The maximum Gasteiger partial charge on any atom is 0.322 e. The van der Waals surface area contributed by atoms with Crippen LogP contribution in [0.3, 0.4) is 0 Å². The summed E-state index contributed by atoms with van der Waals surface area (Å²) in [5, 5.41) is 5.12. The molecule has 4 nitrogen and oxygen atoms in total. The Morgan fingerprint density at radius 1 is 1.17 bits per heavy atom. The number of benzene rings is 1. The third-order valence-corrected chi connectivity index (χ3v) is 3.61. The molecule has 1 atom stereocenters. The van der Waals surface area contributed by atoms with Crippen LogP contribution in [-0.4, -0.2) is 17.5 Å². The van der Waals surface area contributed by atoms with Crippen LogP contribution in [0, 0.1) is 5.92 Å². The molecule has 0 aliphatic carbocycles. The summed E-state index contributed by atoms with van der Waals surface area (Å²) in [7, 11) is 0. The van der Waals surface area contributed by atoms with Gasteiger partial charge in [0.05, 0.1) is 0 Å². The second kappa shape index (κ2) is 4.80. The summed E-state index contributed by atoms with van der Waals surface area (Å²) >= 11 is 0. The van der Waals surface area contributed by atoms with Crippen LogP contribution in [0.15, 0.2) is 30.3 Å². The van der Waals surface area contributed by atoms with Crippen LogP contribution in [0.4, 0.5) is 4.79 Å². The minimum Gasteiger partial charge on any atom is -0.323 e. The lowest BCUT2D eigenvalue weighted by molar-refractivity contribution is -0.125. The number of imide groups is 1. The Kier molecular flexibility index (Phi) is 3.36. The summed E-state index contributed by atoms with van der Waals surface area (Å²) in [5.41, 5.74) is 0.402. The molecule has 0 spiro atoms. The Morgan fingerprint density at radius 2 is 1.83 bits per heavy atom. The molecule has 2 N–H and O–H groups in total. The summed E-state index contributed by atoms with van der Waals surface area (Å²) in [5.74, 6) is -0.147. The van der Waals surface area contributed by atoms with Crippen molar-refractivity contribution in [3.8, 4) is 0 Å². The monoisotopic (exact) mass is 246 g/mol. The van der Waals surface area contributed by atoms with Gasteiger partial charge >= 0.3 is 6.03 Å². The first kappa shape index (κ1) is 12.6. The molecule has 1 saturated heterocycles. The lowest BCUT2D eigenvalue weighted by Gasteiger charge is -2.30. The molecule has 1 heterocycles. The standard InChI is InChI=1S/C14H18N2O2/c1-10(2)14(12(17)15-13(18)16-14)9-8-11-6-4-3-5-7-11/h3-7,10H,8-9H2,1-2H3,(H2,15,16,17,18). The summed E-state index contributed by atoms with van der Waals surface area (Å²) in [4.78, 5) is 23.3. The van der Waals surface area contributed by atoms with Crippen LogP contribution in [0.1, 0.15) is 25.8 Å². The molecule has 0 bridgehead atoms. The Labute approximate surface area is 107 Å².